The second-order valence-electron chi connectivity index (χ2n) is 4.40. The number of thiocarbonyl (C=S) groups is 1. The van der Waals surface area contributed by atoms with Crippen molar-refractivity contribution in [1.29, 1.82) is 0 Å². The summed E-state index contributed by atoms with van der Waals surface area (Å²) in [6, 6.07) is 4.64. The van der Waals surface area contributed by atoms with Crippen LogP contribution in [0.4, 0.5) is 0 Å². The average molecular weight is 345 g/mol. The van der Waals surface area contributed by atoms with Crippen LogP contribution in [0.3, 0.4) is 0 Å². The first-order chi connectivity index (χ1) is 9.99. The number of rotatable bonds is 3. The Morgan fingerprint density at radius 3 is 2.52 bits per heavy atom. The lowest BCUT2D eigenvalue weighted by Gasteiger charge is -2.31. The molecule has 0 spiro atoms. The number of carbonyl (C=O) groups is 1. The Balaban J connectivity index is 2.63. The Hall–Kier alpha value is -1.30. The van der Waals surface area contributed by atoms with E-state index in [0.717, 1.165) is 0 Å². The van der Waals surface area contributed by atoms with E-state index in [0.29, 0.717) is 38.4 Å². The van der Waals surface area contributed by atoms with Crippen molar-refractivity contribution in [2.24, 2.45) is 0 Å². The zero-order valence-corrected chi connectivity index (χ0v) is 13.8. The van der Waals surface area contributed by atoms with Crippen molar-refractivity contribution in [3.63, 3.8) is 0 Å². The molecule has 0 saturated carbocycles. The predicted octanol–water partition coefficient (Wildman–Crippen LogP) is 3.35. The van der Waals surface area contributed by atoms with E-state index in [1.54, 1.807) is 18.2 Å². The number of methoxy groups -OCH3 is 1. The van der Waals surface area contributed by atoms with E-state index in [4.69, 9.17) is 40.2 Å². The number of ether oxygens (including phenoxy) is 1. The van der Waals surface area contributed by atoms with Gasteiger partial charge in [-0.3, -0.25) is 0 Å². The van der Waals surface area contributed by atoms with Crippen LogP contribution in [-0.2, 0) is 9.53 Å². The molecule has 1 aliphatic rings. The van der Waals surface area contributed by atoms with Crippen LogP contribution in [0.5, 0.6) is 0 Å². The first-order valence-corrected chi connectivity index (χ1v) is 7.48. The molecule has 0 amide bonds. The second kappa shape index (κ2) is 6.64. The summed E-state index contributed by atoms with van der Waals surface area (Å²) in [6.07, 6.45) is 0.602. The van der Waals surface area contributed by atoms with Crippen LogP contribution in [0.1, 0.15) is 24.9 Å². The first kappa shape index (κ1) is 16.1. The maximum Gasteiger partial charge on any atom is 0.337 e. The van der Waals surface area contributed by atoms with Crippen molar-refractivity contribution in [2.75, 3.05) is 7.11 Å². The summed E-state index contributed by atoms with van der Waals surface area (Å²) in [5, 5.41) is 7.36. The number of hydrogen-bond acceptors (Lipinski definition) is 3. The summed E-state index contributed by atoms with van der Waals surface area (Å²) >= 11 is 17.7. The van der Waals surface area contributed by atoms with Crippen molar-refractivity contribution in [1.82, 2.24) is 10.6 Å². The molecule has 0 saturated heterocycles. The zero-order chi connectivity index (χ0) is 15.6. The van der Waals surface area contributed by atoms with Gasteiger partial charge in [0.05, 0.1) is 18.7 Å². The molecule has 1 heterocycles. The molecule has 2 rings (SSSR count). The second-order valence-corrected chi connectivity index (χ2v) is 5.63. The van der Waals surface area contributed by atoms with Gasteiger partial charge in [-0.2, -0.15) is 0 Å². The minimum atomic E-state index is -0.539. The van der Waals surface area contributed by atoms with Gasteiger partial charge in [-0.05, 0) is 30.8 Å². The molecule has 7 heteroatoms. The van der Waals surface area contributed by atoms with E-state index in [1.165, 1.54) is 7.11 Å². The molecule has 0 aromatic heterocycles. The molecule has 0 fully saturated rings. The van der Waals surface area contributed by atoms with Gasteiger partial charge < -0.3 is 15.4 Å². The maximum atomic E-state index is 12.2. The van der Waals surface area contributed by atoms with Gasteiger partial charge in [0, 0.05) is 21.3 Å². The summed E-state index contributed by atoms with van der Waals surface area (Å²) in [5.41, 5.74) is 1.74. The van der Waals surface area contributed by atoms with Crippen molar-refractivity contribution in [2.45, 2.75) is 19.4 Å². The quantitative estimate of drug-likeness (QED) is 0.650. The van der Waals surface area contributed by atoms with E-state index in [-0.39, 0.29) is 0 Å². The first-order valence-electron chi connectivity index (χ1n) is 6.32. The third-order valence-corrected chi connectivity index (χ3v) is 4.08. The van der Waals surface area contributed by atoms with E-state index in [1.807, 2.05) is 6.92 Å². The summed E-state index contributed by atoms with van der Waals surface area (Å²) in [5.74, 6) is -0.449. The minimum Gasteiger partial charge on any atom is -0.466 e. The lowest BCUT2D eigenvalue weighted by molar-refractivity contribution is -0.136. The van der Waals surface area contributed by atoms with Crippen molar-refractivity contribution >= 4 is 46.5 Å². The highest BCUT2D eigenvalue weighted by atomic mass is 35.5. The van der Waals surface area contributed by atoms with Crippen LogP contribution in [0.25, 0.3) is 0 Å². The summed E-state index contributed by atoms with van der Waals surface area (Å²) in [6.45, 7) is 1.92. The Morgan fingerprint density at radius 2 is 2.00 bits per heavy atom. The third-order valence-electron chi connectivity index (χ3n) is 3.20. The predicted molar refractivity (Wildman–Crippen MR) is 87.4 cm³/mol. The molecule has 2 N–H and O–H groups in total. The number of hydrogen-bond donors (Lipinski definition) is 2. The van der Waals surface area contributed by atoms with Gasteiger partial charge in [-0.15, -0.1) is 0 Å². The number of halogens is 2. The van der Waals surface area contributed by atoms with Crippen LogP contribution in [-0.4, -0.2) is 18.2 Å². The van der Waals surface area contributed by atoms with Gasteiger partial charge in [0.25, 0.3) is 0 Å². The average Bonchev–Trinajstić information content (AvgIpc) is 2.45. The van der Waals surface area contributed by atoms with Crippen molar-refractivity contribution in [3.8, 4) is 0 Å². The Bertz CT molecular complexity index is 611. The monoisotopic (exact) mass is 344 g/mol. The van der Waals surface area contributed by atoms with Crippen LogP contribution >= 0.6 is 35.4 Å². The summed E-state index contributed by atoms with van der Waals surface area (Å²) in [7, 11) is 1.33. The van der Waals surface area contributed by atoms with Crippen LogP contribution < -0.4 is 10.6 Å². The van der Waals surface area contributed by atoms with Crippen molar-refractivity contribution in [3.05, 3.63) is 45.1 Å². The SMILES string of the molecule is CCC1=C(C(=O)OC)[C@H](c2c(Cl)cccc2Cl)NC(=S)N1. The van der Waals surface area contributed by atoms with E-state index < -0.39 is 12.0 Å². The Labute approximate surface area is 138 Å². The highest BCUT2D eigenvalue weighted by Gasteiger charge is 2.33. The lowest BCUT2D eigenvalue weighted by Crippen LogP contribution is -2.45. The van der Waals surface area contributed by atoms with Crippen LogP contribution in [0, 0.1) is 0 Å². The topological polar surface area (TPSA) is 50.4 Å². The van der Waals surface area contributed by atoms with Gasteiger partial charge in [-0.1, -0.05) is 36.2 Å². The van der Waals surface area contributed by atoms with Gasteiger partial charge in [0.1, 0.15) is 0 Å². The largest absolute Gasteiger partial charge is 0.466 e. The number of allylic oxidation sites excluding steroid dienone is 1. The Morgan fingerprint density at radius 1 is 1.38 bits per heavy atom. The van der Waals surface area contributed by atoms with Crippen LogP contribution in [0.2, 0.25) is 10.0 Å². The standard InChI is InChI=1S/C14H14Cl2N2O2S/c1-3-9-11(13(19)20-2)12(18-14(21)17-9)10-7(15)5-4-6-8(10)16/h4-6,12H,3H2,1-2H3,(H2,17,18,21)/t12-/m0/s1. The molecule has 0 unspecified atom stereocenters. The highest BCUT2D eigenvalue weighted by Crippen LogP contribution is 2.37. The van der Waals surface area contributed by atoms with Crippen molar-refractivity contribution < 1.29 is 9.53 Å². The molecule has 0 aliphatic carbocycles. The van der Waals surface area contributed by atoms with E-state index in [2.05, 4.69) is 10.6 Å². The van der Waals surface area contributed by atoms with Gasteiger partial charge in [0.2, 0.25) is 0 Å². The fourth-order valence-corrected chi connectivity index (χ4v) is 3.11. The van der Waals surface area contributed by atoms with E-state index >= 15 is 0 Å². The molecule has 1 atom stereocenters. The lowest BCUT2D eigenvalue weighted by atomic mass is 9.94. The molecule has 112 valence electrons. The molecule has 21 heavy (non-hydrogen) atoms. The molecule has 0 radical (unpaired) electrons. The molecule has 1 aromatic rings. The number of nitrogens with one attached hydrogen (secondary N) is 2. The molecule has 1 aromatic carbocycles. The highest BCUT2D eigenvalue weighted by molar-refractivity contribution is 7.80. The maximum absolute atomic E-state index is 12.2. The van der Waals surface area contributed by atoms with Gasteiger partial charge in [-0.25, -0.2) is 4.79 Å². The molecular formula is C14H14Cl2N2O2S. The smallest absolute Gasteiger partial charge is 0.337 e. The summed E-state index contributed by atoms with van der Waals surface area (Å²) < 4.78 is 4.88. The number of esters is 1. The number of carbonyl (C=O) groups excluding carboxylic acids is 1. The number of benzene rings is 1. The van der Waals surface area contributed by atoms with Crippen LogP contribution in [0.15, 0.2) is 29.5 Å². The molecular weight excluding hydrogens is 331 g/mol. The Kier molecular flexibility index (Phi) is 5.08. The third kappa shape index (κ3) is 3.15. The molecule has 4 nitrogen and oxygen atoms in total. The zero-order valence-electron chi connectivity index (χ0n) is 11.5. The molecule has 0 bridgehead atoms. The fourth-order valence-electron chi connectivity index (χ4n) is 2.25. The summed E-state index contributed by atoms with van der Waals surface area (Å²) in [4.78, 5) is 12.2. The minimum absolute atomic E-state index is 0.417. The fraction of sp³-hybridized carbons (Fsp3) is 0.286. The molecule has 1 aliphatic heterocycles. The van der Waals surface area contributed by atoms with E-state index in [9.17, 15) is 4.79 Å². The van der Waals surface area contributed by atoms with Gasteiger partial charge in [0.15, 0.2) is 5.11 Å². The normalized spacial score (nSPS) is 18.1. The van der Waals surface area contributed by atoms with Gasteiger partial charge >= 0.3 is 5.97 Å².